The zero-order valence-corrected chi connectivity index (χ0v) is 9.37. The third-order valence-electron chi connectivity index (χ3n) is 4.17. The van der Waals surface area contributed by atoms with E-state index < -0.39 is 0 Å². The molecule has 0 radical (unpaired) electrons. The first-order valence-corrected chi connectivity index (χ1v) is 5.92. The van der Waals surface area contributed by atoms with E-state index in [2.05, 4.69) is 0 Å². The number of ether oxygens (including phenoxy) is 2. The van der Waals surface area contributed by atoms with Crippen LogP contribution in [0.1, 0.15) is 38.5 Å². The molecule has 2 aliphatic rings. The van der Waals surface area contributed by atoms with E-state index in [4.69, 9.17) is 9.47 Å². The maximum Gasteiger partial charge on any atom is 0.0604 e. The minimum Gasteiger partial charge on any atom is -0.381 e. The zero-order valence-electron chi connectivity index (χ0n) is 9.37. The van der Waals surface area contributed by atoms with E-state index in [1.54, 1.807) is 0 Å². The number of hydrogen-bond donors (Lipinski definition) is 0. The van der Waals surface area contributed by atoms with Crippen LogP contribution in [0.4, 0.5) is 0 Å². The monoisotopic (exact) mass is 198 g/mol. The predicted octanol–water partition coefficient (Wildman–Crippen LogP) is 2.62. The fraction of sp³-hybridized carbons (Fsp3) is 1.00. The van der Waals surface area contributed by atoms with Crippen molar-refractivity contribution >= 4 is 0 Å². The molecule has 2 heteroatoms. The molecule has 0 unspecified atom stereocenters. The van der Waals surface area contributed by atoms with Crippen LogP contribution in [-0.4, -0.2) is 26.4 Å². The van der Waals surface area contributed by atoms with Crippen molar-refractivity contribution < 1.29 is 9.47 Å². The van der Waals surface area contributed by atoms with Crippen LogP contribution in [0.15, 0.2) is 0 Å². The third kappa shape index (κ3) is 1.82. The van der Waals surface area contributed by atoms with Gasteiger partial charge in [0.05, 0.1) is 12.2 Å². The van der Waals surface area contributed by atoms with Crippen molar-refractivity contribution in [3.05, 3.63) is 0 Å². The largest absolute Gasteiger partial charge is 0.381 e. The highest BCUT2D eigenvalue weighted by atomic mass is 16.5. The maximum absolute atomic E-state index is 5.60. The molecule has 2 saturated carbocycles. The van der Waals surface area contributed by atoms with Crippen LogP contribution in [0.3, 0.4) is 0 Å². The summed E-state index contributed by atoms with van der Waals surface area (Å²) in [5.41, 5.74) is 0. The molecule has 0 aliphatic heterocycles. The predicted molar refractivity (Wildman–Crippen MR) is 56.3 cm³/mol. The second kappa shape index (κ2) is 4.63. The van der Waals surface area contributed by atoms with Crippen LogP contribution in [-0.2, 0) is 9.47 Å². The van der Waals surface area contributed by atoms with Gasteiger partial charge in [-0.15, -0.1) is 0 Å². The summed E-state index contributed by atoms with van der Waals surface area (Å²) in [6, 6.07) is 0. The molecule has 0 aromatic carbocycles. The van der Waals surface area contributed by atoms with Crippen molar-refractivity contribution in [2.75, 3.05) is 14.2 Å². The number of methoxy groups -OCH3 is 2. The Balaban J connectivity index is 2.05. The van der Waals surface area contributed by atoms with Crippen LogP contribution in [0.2, 0.25) is 0 Å². The van der Waals surface area contributed by atoms with Gasteiger partial charge in [-0.1, -0.05) is 12.8 Å². The Morgan fingerprint density at radius 2 is 1.14 bits per heavy atom. The SMILES string of the molecule is CO[C@@H]1CC[C@@H](OC)[C@@H]2CCCC[C@H]21. The summed E-state index contributed by atoms with van der Waals surface area (Å²) in [5, 5.41) is 0. The first-order valence-electron chi connectivity index (χ1n) is 5.92. The summed E-state index contributed by atoms with van der Waals surface area (Å²) in [7, 11) is 3.73. The highest BCUT2D eigenvalue weighted by molar-refractivity contribution is 4.91. The second-order valence-corrected chi connectivity index (χ2v) is 4.74. The molecule has 0 bridgehead atoms. The molecule has 0 spiro atoms. The highest BCUT2D eigenvalue weighted by Gasteiger charge is 2.40. The van der Waals surface area contributed by atoms with E-state index in [0.29, 0.717) is 12.2 Å². The molecule has 2 nitrogen and oxygen atoms in total. The van der Waals surface area contributed by atoms with Gasteiger partial charge in [0.2, 0.25) is 0 Å². The van der Waals surface area contributed by atoms with Gasteiger partial charge in [-0.3, -0.25) is 0 Å². The minimum atomic E-state index is 0.506. The summed E-state index contributed by atoms with van der Waals surface area (Å²) in [6.07, 6.45) is 8.87. The summed E-state index contributed by atoms with van der Waals surface area (Å²) < 4.78 is 11.2. The molecule has 0 saturated heterocycles. The van der Waals surface area contributed by atoms with Gasteiger partial charge < -0.3 is 9.47 Å². The van der Waals surface area contributed by atoms with E-state index in [-0.39, 0.29) is 0 Å². The average Bonchev–Trinajstić information content (AvgIpc) is 2.27. The van der Waals surface area contributed by atoms with Gasteiger partial charge in [-0.05, 0) is 37.5 Å². The summed E-state index contributed by atoms with van der Waals surface area (Å²) in [6.45, 7) is 0. The molecule has 0 aromatic heterocycles. The number of rotatable bonds is 2. The van der Waals surface area contributed by atoms with E-state index >= 15 is 0 Å². The Morgan fingerprint density at radius 1 is 0.714 bits per heavy atom. The van der Waals surface area contributed by atoms with Gasteiger partial charge in [-0.25, -0.2) is 0 Å². The van der Waals surface area contributed by atoms with Crippen molar-refractivity contribution in [3.63, 3.8) is 0 Å². The molecule has 2 rings (SSSR count). The molecule has 0 aromatic rings. The molecular weight excluding hydrogens is 176 g/mol. The van der Waals surface area contributed by atoms with Gasteiger partial charge in [-0.2, -0.15) is 0 Å². The quantitative estimate of drug-likeness (QED) is 0.679. The summed E-state index contributed by atoms with van der Waals surface area (Å²) >= 11 is 0. The fourth-order valence-electron chi connectivity index (χ4n) is 3.45. The molecule has 2 fully saturated rings. The Hall–Kier alpha value is -0.0800. The van der Waals surface area contributed by atoms with Gasteiger partial charge >= 0.3 is 0 Å². The zero-order chi connectivity index (χ0) is 9.97. The molecule has 0 heterocycles. The van der Waals surface area contributed by atoms with Crippen LogP contribution in [0, 0.1) is 11.8 Å². The van der Waals surface area contributed by atoms with Crippen LogP contribution < -0.4 is 0 Å². The topological polar surface area (TPSA) is 18.5 Å². The van der Waals surface area contributed by atoms with Crippen molar-refractivity contribution in [2.24, 2.45) is 11.8 Å². The Morgan fingerprint density at radius 3 is 1.50 bits per heavy atom. The maximum atomic E-state index is 5.60. The third-order valence-corrected chi connectivity index (χ3v) is 4.17. The average molecular weight is 198 g/mol. The molecule has 0 N–H and O–H groups in total. The first-order chi connectivity index (χ1) is 6.86. The normalized spacial score (nSPS) is 43.3. The lowest BCUT2D eigenvalue weighted by Gasteiger charge is -2.44. The Kier molecular flexibility index (Phi) is 3.45. The lowest BCUT2D eigenvalue weighted by molar-refractivity contribution is -0.0905. The lowest BCUT2D eigenvalue weighted by Crippen LogP contribution is -2.44. The molecule has 2 aliphatic carbocycles. The standard InChI is InChI=1S/C12H22O2/c1-13-11-7-8-12(14-2)10-6-4-3-5-9(10)11/h9-12H,3-8H2,1-2H3/t9-,10-,11-,12-/m1/s1. The second-order valence-electron chi connectivity index (χ2n) is 4.74. The van der Waals surface area contributed by atoms with Crippen molar-refractivity contribution in [1.82, 2.24) is 0 Å². The van der Waals surface area contributed by atoms with Gasteiger partial charge in [0.25, 0.3) is 0 Å². The van der Waals surface area contributed by atoms with Gasteiger partial charge in [0.1, 0.15) is 0 Å². The van der Waals surface area contributed by atoms with Crippen LogP contribution in [0.25, 0.3) is 0 Å². The smallest absolute Gasteiger partial charge is 0.0604 e. The fourth-order valence-corrected chi connectivity index (χ4v) is 3.45. The van der Waals surface area contributed by atoms with E-state index in [1.807, 2.05) is 14.2 Å². The van der Waals surface area contributed by atoms with Gasteiger partial charge in [0.15, 0.2) is 0 Å². The van der Waals surface area contributed by atoms with Crippen molar-refractivity contribution in [3.8, 4) is 0 Å². The highest BCUT2D eigenvalue weighted by Crippen LogP contribution is 2.42. The van der Waals surface area contributed by atoms with E-state index in [1.165, 1.54) is 38.5 Å². The molecule has 0 amide bonds. The van der Waals surface area contributed by atoms with E-state index in [9.17, 15) is 0 Å². The minimum absolute atomic E-state index is 0.506. The Labute approximate surface area is 87.0 Å². The Bertz CT molecular complexity index is 161. The molecule has 82 valence electrons. The van der Waals surface area contributed by atoms with Crippen LogP contribution in [0.5, 0.6) is 0 Å². The van der Waals surface area contributed by atoms with Crippen molar-refractivity contribution in [2.45, 2.75) is 50.7 Å². The molecular formula is C12H22O2. The number of hydrogen-bond acceptors (Lipinski definition) is 2. The first kappa shape index (κ1) is 10.4. The summed E-state index contributed by atoms with van der Waals surface area (Å²) in [4.78, 5) is 0. The lowest BCUT2D eigenvalue weighted by atomic mass is 9.68. The number of fused-ring (bicyclic) bond motifs is 1. The van der Waals surface area contributed by atoms with E-state index in [0.717, 1.165) is 11.8 Å². The van der Waals surface area contributed by atoms with Crippen molar-refractivity contribution in [1.29, 1.82) is 0 Å². The molecule has 14 heavy (non-hydrogen) atoms. The van der Waals surface area contributed by atoms with Gasteiger partial charge in [0, 0.05) is 14.2 Å². The van der Waals surface area contributed by atoms with Crippen LogP contribution >= 0.6 is 0 Å². The summed E-state index contributed by atoms with van der Waals surface area (Å²) in [5.74, 6) is 1.54. The molecule has 4 atom stereocenters.